The van der Waals surface area contributed by atoms with Crippen LogP contribution in [0, 0.1) is 5.92 Å². The van der Waals surface area contributed by atoms with Gasteiger partial charge in [-0.3, -0.25) is 4.90 Å². The van der Waals surface area contributed by atoms with Crippen molar-refractivity contribution in [2.75, 3.05) is 39.8 Å². The number of hydrogen-bond acceptors (Lipinski definition) is 6. The lowest BCUT2D eigenvalue weighted by Crippen LogP contribution is -2.47. The molecular formula is C15H28N6O. The van der Waals surface area contributed by atoms with Crippen LogP contribution in [-0.4, -0.2) is 75.9 Å². The fraction of sp³-hybridized carbons (Fsp3) is 0.933. The Balaban J connectivity index is 1.75. The third-order valence-electron chi connectivity index (χ3n) is 4.79. The van der Waals surface area contributed by atoms with Crippen molar-refractivity contribution in [1.29, 1.82) is 0 Å². The van der Waals surface area contributed by atoms with Crippen molar-refractivity contribution in [3.8, 4) is 0 Å². The molecule has 3 heterocycles. The first-order valence-electron chi connectivity index (χ1n) is 8.45. The summed E-state index contributed by atoms with van der Waals surface area (Å²) in [7, 11) is 2.18. The van der Waals surface area contributed by atoms with Gasteiger partial charge in [0.15, 0.2) is 5.82 Å². The lowest BCUT2D eigenvalue weighted by molar-refractivity contribution is 0.0712. The third kappa shape index (κ3) is 3.47. The number of ether oxygens (including phenoxy) is 1. The smallest absolute Gasteiger partial charge is 0.168 e. The van der Waals surface area contributed by atoms with E-state index < -0.39 is 0 Å². The minimum Gasteiger partial charge on any atom is -0.376 e. The van der Waals surface area contributed by atoms with Crippen LogP contribution in [0.4, 0.5) is 0 Å². The van der Waals surface area contributed by atoms with Crippen molar-refractivity contribution in [3.05, 3.63) is 5.82 Å². The quantitative estimate of drug-likeness (QED) is 0.802. The highest BCUT2D eigenvalue weighted by atomic mass is 16.5. The highest BCUT2D eigenvalue weighted by Crippen LogP contribution is 2.28. The lowest BCUT2D eigenvalue weighted by atomic mass is 10.0. The van der Waals surface area contributed by atoms with Crippen LogP contribution >= 0.6 is 0 Å². The summed E-state index contributed by atoms with van der Waals surface area (Å²) in [6.07, 6.45) is 2.52. The molecule has 0 aromatic carbocycles. The lowest BCUT2D eigenvalue weighted by Gasteiger charge is -2.39. The molecule has 7 heteroatoms. The van der Waals surface area contributed by atoms with Crippen LogP contribution < -0.4 is 0 Å². The van der Waals surface area contributed by atoms with Crippen LogP contribution in [-0.2, 0) is 11.3 Å². The van der Waals surface area contributed by atoms with E-state index in [4.69, 9.17) is 4.74 Å². The van der Waals surface area contributed by atoms with Crippen LogP contribution in [0.2, 0.25) is 0 Å². The summed E-state index contributed by atoms with van der Waals surface area (Å²) < 4.78 is 7.72. The van der Waals surface area contributed by atoms with Gasteiger partial charge in [0.25, 0.3) is 0 Å². The summed E-state index contributed by atoms with van der Waals surface area (Å²) in [4.78, 5) is 4.91. The minimum atomic E-state index is 0.266. The highest BCUT2D eigenvalue weighted by Gasteiger charge is 2.31. The first-order valence-corrected chi connectivity index (χ1v) is 8.45. The molecule has 2 unspecified atom stereocenters. The fourth-order valence-electron chi connectivity index (χ4n) is 3.52. The Morgan fingerprint density at radius 1 is 1.23 bits per heavy atom. The van der Waals surface area contributed by atoms with Gasteiger partial charge in [-0.1, -0.05) is 13.8 Å². The molecule has 22 heavy (non-hydrogen) atoms. The second kappa shape index (κ2) is 7.02. The second-order valence-electron chi connectivity index (χ2n) is 6.88. The molecule has 0 spiro atoms. The van der Waals surface area contributed by atoms with E-state index in [1.54, 1.807) is 0 Å². The van der Waals surface area contributed by atoms with Gasteiger partial charge in [-0.25, -0.2) is 4.68 Å². The zero-order chi connectivity index (χ0) is 15.5. The summed E-state index contributed by atoms with van der Waals surface area (Å²) in [5.74, 6) is 1.48. The monoisotopic (exact) mass is 308 g/mol. The van der Waals surface area contributed by atoms with Gasteiger partial charge >= 0.3 is 0 Å². The molecule has 0 aliphatic carbocycles. The van der Waals surface area contributed by atoms with E-state index in [1.165, 1.54) is 0 Å². The average molecular weight is 308 g/mol. The van der Waals surface area contributed by atoms with Gasteiger partial charge in [-0.05, 0) is 36.2 Å². The largest absolute Gasteiger partial charge is 0.376 e. The van der Waals surface area contributed by atoms with Gasteiger partial charge in [-0.2, -0.15) is 0 Å². The summed E-state index contributed by atoms with van der Waals surface area (Å²) >= 11 is 0. The Bertz CT molecular complexity index is 462. The Kier molecular flexibility index (Phi) is 5.05. The molecule has 1 aromatic heterocycles. The van der Waals surface area contributed by atoms with Gasteiger partial charge in [0.1, 0.15) is 0 Å². The fourth-order valence-corrected chi connectivity index (χ4v) is 3.52. The third-order valence-corrected chi connectivity index (χ3v) is 4.79. The maximum atomic E-state index is 5.74. The normalized spacial score (nSPS) is 25.9. The average Bonchev–Trinajstić information content (AvgIpc) is 3.14. The zero-order valence-electron chi connectivity index (χ0n) is 14.0. The number of rotatable bonds is 5. The van der Waals surface area contributed by atoms with Crippen LogP contribution in [0.3, 0.4) is 0 Å². The summed E-state index contributed by atoms with van der Waals surface area (Å²) in [6, 6.07) is 0.283. The first-order chi connectivity index (χ1) is 10.6. The van der Waals surface area contributed by atoms with Crippen LogP contribution in [0.1, 0.15) is 38.6 Å². The van der Waals surface area contributed by atoms with Crippen molar-refractivity contribution < 1.29 is 4.74 Å². The zero-order valence-corrected chi connectivity index (χ0v) is 14.0. The van der Waals surface area contributed by atoms with Gasteiger partial charge in [0.2, 0.25) is 0 Å². The summed E-state index contributed by atoms with van der Waals surface area (Å²) in [5, 5.41) is 12.5. The maximum absolute atomic E-state index is 5.74. The van der Waals surface area contributed by atoms with Gasteiger partial charge < -0.3 is 9.64 Å². The molecule has 0 N–H and O–H groups in total. The molecule has 2 fully saturated rings. The van der Waals surface area contributed by atoms with E-state index in [1.807, 2.05) is 4.68 Å². The molecule has 2 aliphatic heterocycles. The van der Waals surface area contributed by atoms with E-state index in [0.29, 0.717) is 5.92 Å². The molecular weight excluding hydrogens is 280 g/mol. The number of piperazine rings is 1. The molecule has 1 aromatic rings. The van der Waals surface area contributed by atoms with E-state index >= 15 is 0 Å². The molecule has 124 valence electrons. The predicted molar refractivity (Wildman–Crippen MR) is 83.4 cm³/mol. The molecule has 2 atom stereocenters. The highest BCUT2D eigenvalue weighted by molar-refractivity contribution is 4.97. The van der Waals surface area contributed by atoms with Gasteiger partial charge in [0.05, 0.1) is 18.7 Å². The number of likely N-dealkylation sites (N-methyl/N-ethyl adjacent to an activating group) is 1. The topological polar surface area (TPSA) is 59.3 Å². The first kappa shape index (κ1) is 15.8. The number of aromatic nitrogens is 4. The van der Waals surface area contributed by atoms with Crippen molar-refractivity contribution in [1.82, 2.24) is 30.0 Å². The SMILES string of the molecule is CC(C)C(c1nnnn1CC1CCCO1)N1CCN(C)CC1. The molecule has 2 saturated heterocycles. The Hall–Kier alpha value is -1.05. The molecule has 3 rings (SSSR count). The van der Waals surface area contributed by atoms with Gasteiger partial charge in [-0.15, -0.1) is 5.10 Å². The standard InChI is InChI=1S/C15H28N6O/c1-12(2)14(20-8-6-19(3)7-9-20)15-16-17-18-21(15)11-13-5-4-10-22-13/h12-14H,4-11H2,1-3H3. The van der Waals surface area contributed by atoms with E-state index in [-0.39, 0.29) is 12.1 Å². The van der Waals surface area contributed by atoms with Crippen LogP contribution in [0.15, 0.2) is 0 Å². The van der Waals surface area contributed by atoms with Crippen molar-refractivity contribution in [2.24, 2.45) is 5.92 Å². The number of tetrazole rings is 1. The predicted octanol–water partition coefficient (Wildman–Crippen LogP) is 0.797. The maximum Gasteiger partial charge on any atom is 0.168 e. The van der Waals surface area contributed by atoms with Crippen LogP contribution in [0.25, 0.3) is 0 Å². The minimum absolute atomic E-state index is 0.266. The molecule has 0 saturated carbocycles. The van der Waals surface area contributed by atoms with E-state index in [2.05, 4.69) is 46.2 Å². The molecule has 7 nitrogen and oxygen atoms in total. The van der Waals surface area contributed by atoms with Crippen molar-refractivity contribution >= 4 is 0 Å². The Morgan fingerprint density at radius 2 is 2.00 bits per heavy atom. The summed E-state index contributed by atoms with van der Waals surface area (Å²) in [6.45, 7) is 10.5. The molecule has 0 bridgehead atoms. The summed E-state index contributed by atoms with van der Waals surface area (Å²) in [5.41, 5.74) is 0. The molecule has 2 aliphatic rings. The van der Waals surface area contributed by atoms with Crippen LogP contribution in [0.5, 0.6) is 0 Å². The van der Waals surface area contributed by atoms with E-state index in [0.717, 1.165) is 58.0 Å². The molecule has 0 radical (unpaired) electrons. The van der Waals surface area contributed by atoms with Crippen molar-refractivity contribution in [3.63, 3.8) is 0 Å². The van der Waals surface area contributed by atoms with E-state index in [9.17, 15) is 0 Å². The number of hydrogen-bond donors (Lipinski definition) is 0. The Morgan fingerprint density at radius 3 is 2.64 bits per heavy atom. The Labute approximate surface area is 132 Å². The molecule has 0 amide bonds. The van der Waals surface area contributed by atoms with Gasteiger partial charge in [0, 0.05) is 32.8 Å². The van der Waals surface area contributed by atoms with Crippen molar-refractivity contribution in [2.45, 2.75) is 45.4 Å². The second-order valence-corrected chi connectivity index (χ2v) is 6.88. The number of nitrogens with zero attached hydrogens (tertiary/aromatic N) is 6.